The molecule has 13 heavy (non-hydrogen) atoms. The standard InChI is InChI=1S/C10H22N2O/c1-10(2,3)8-12-7-9-6-11-4-5-13-9/h9,11-12H,4-8H2,1-3H3/t9-/m1/s1. The Morgan fingerprint density at radius 3 is 2.77 bits per heavy atom. The van der Waals surface area contributed by atoms with Gasteiger partial charge in [0, 0.05) is 26.2 Å². The molecule has 0 bridgehead atoms. The molecule has 1 fully saturated rings. The van der Waals surface area contributed by atoms with Gasteiger partial charge < -0.3 is 15.4 Å². The monoisotopic (exact) mass is 186 g/mol. The largest absolute Gasteiger partial charge is 0.374 e. The molecule has 3 nitrogen and oxygen atoms in total. The van der Waals surface area contributed by atoms with Crippen molar-refractivity contribution in [3.8, 4) is 0 Å². The number of morpholine rings is 1. The second kappa shape index (κ2) is 4.94. The van der Waals surface area contributed by atoms with Gasteiger partial charge in [-0.05, 0) is 5.41 Å². The number of nitrogens with one attached hydrogen (secondary N) is 2. The molecule has 1 aliphatic rings. The summed E-state index contributed by atoms with van der Waals surface area (Å²) in [6.45, 7) is 11.5. The molecule has 1 aliphatic heterocycles. The fourth-order valence-electron chi connectivity index (χ4n) is 1.36. The molecule has 78 valence electrons. The number of rotatable bonds is 3. The van der Waals surface area contributed by atoms with Crippen LogP contribution in [0.25, 0.3) is 0 Å². The highest BCUT2D eigenvalue weighted by Crippen LogP contribution is 2.10. The first-order valence-electron chi connectivity index (χ1n) is 5.11. The highest BCUT2D eigenvalue weighted by Gasteiger charge is 2.14. The lowest BCUT2D eigenvalue weighted by atomic mass is 9.97. The quantitative estimate of drug-likeness (QED) is 0.677. The normalized spacial score (nSPS) is 24.7. The third kappa shape index (κ3) is 5.24. The van der Waals surface area contributed by atoms with Crippen LogP contribution >= 0.6 is 0 Å². The van der Waals surface area contributed by atoms with E-state index in [9.17, 15) is 0 Å². The summed E-state index contributed by atoms with van der Waals surface area (Å²) in [4.78, 5) is 0. The first-order chi connectivity index (χ1) is 6.08. The van der Waals surface area contributed by atoms with Crippen LogP contribution in [0, 0.1) is 5.41 Å². The Kier molecular flexibility index (Phi) is 4.16. The van der Waals surface area contributed by atoms with Crippen LogP contribution in [0.15, 0.2) is 0 Å². The van der Waals surface area contributed by atoms with Crippen molar-refractivity contribution in [3.05, 3.63) is 0 Å². The third-order valence-corrected chi connectivity index (χ3v) is 2.03. The van der Waals surface area contributed by atoms with Crippen molar-refractivity contribution >= 4 is 0 Å². The Balaban J connectivity index is 2.04. The van der Waals surface area contributed by atoms with Crippen LogP contribution in [0.4, 0.5) is 0 Å². The highest BCUT2D eigenvalue weighted by molar-refractivity contribution is 4.72. The second-order valence-electron chi connectivity index (χ2n) is 4.89. The van der Waals surface area contributed by atoms with Crippen molar-refractivity contribution in [1.29, 1.82) is 0 Å². The molecular weight excluding hydrogens is 164 g/mol. The molecular formula is C10H22N2O. The summed E-state index contributed by atoms with van der Waals surface area (Å²) in [6.07, 6.45) is 0.357. The highest BCUT2D eigenvalue weighted by atomic mass is 16.5. The van der Waals surface area contributed by atoms with Gasteiger partial charge in [0.05, 0.1) is 12.7 Å². The van der Waals surface area contributed by atoms with Crippen LogP contribution in [0.5, 0.6) is 0 Å². The van der Waals surface area contributed by atoms with Gasteiger partial charge in [0.25, 0.3) is 0 Å². The zero-order valence-electron chi connectivity index (χ0n) is 9.02. The van der Waals surface area contributed by atoms with Crippen LogP contribution in [0.1, 0.15) is 20.8 Å². The lowest BCUT2D eigenvalue weighted by Gasteiger charge is -2.26. The molecule has 0 radical (unpaired) electrons. The minimum absolute atomic E-state index is 0.357. The van der Waals surface area contributed by atoms with Crippen molar-refractivity contribution < 1.29 is 4.74 Å². The van der Waals surface area contributed by atoms with E-state index >= 15 is 0 Å². The molecule has 0 aromatic carbocycles. The molecule has 2 N–H and O–H groups in total. The minimum atomic E-state index is 0.357. The molecule has 1 saturated heterocycles. The third-order valence-electron chi connectivity index (χ3n) is 2.03. The van der Waals surface area contributed by atoms with Gasteiger partial charge in [-0.15, -0.1) is 0 Å². The molecule has 0 unspecified atom stereocenters. The SMILES string of the molecule is CC(C)(C)CNC[C@H]1CNCCO1. The van der Waals surface area contributed by atoms with E-state index in [1.807, 2.05) is 0 Å². The second-order valence-corrected chi connectivity index (χ2v) is 4.89. The molecule has 1 rings (SSSR count). The van der Waals surface area contributed by atoms with E-state index in [2.05, 4.69) is 31.4 Å². The van der Waals surface area contributed by atoms with Crippen LogP contribution in [0.2, 0.25) is 0 Å². The van der Waals surface area contributed by atoms with Gasteiger partial charge in [0.15, 0.2) is 0 Å². The number of ether oxygens (including phenoxy) is 1. The number of hydrogen-bond donors (Lipinski definition) is 2. The summed E-state index contributed by atoms with van der Waals surface area (Å²) in [5.74, 6) is 0. The van der Waals surface area contributed by atoms with E-state index in [1.165, 1.54) is 0 Å². The number of hydrogen-bond acceptors (Lipinski definition) is 3. The Morgan fingerprint density at radius 2 is 2.23 bits per heavy atom. The van der Waals surface area contributed by atoms with Crippen LogP contribution in [-0.4, -0.2) is 38.9 Å². The van der Waals surface area contributed by atoms with E-state index in [-0.39, 0.29) is 0 Å². The Hall–Kier alpha value is -0.120. The fourth-order valence-corrected chi connectivity index (χ4v) is 1.36. The van der Waals surface area contributed by atoms with Gasteiger partial charge in [-0.25, -0.2) is 0 Å². The van der Waals surface area contributed by atoms with E-state index in [4.69, 9.17) is 4.74 Å². The van der Waals surface area contributed by atoms with Crippen molar-refractivity contribution in [1.82, 2.24) is 10.6 Å². The van der Waals surface area contributed by atoms with Gasteiger partial charge in [0.2, 0.25) is 0 Å². The van der Waals surface area contributed by atoms with Gasteiger partial charge in [0.1, 0.15) is 0 Å². The molecule has 0 amide bonds. The molecule has 0 spiro atoms. The molecule has 0 aromatic rings. The van der Waals surface area contributed by atoms with E-state index in [0.717, 1.165) is 32.8 Å². The summed E-state index contributed by atoms with van der Waals surface area (Å²) in [6, 6.07) is 0. The van der Waals surface area contributed by atoms with Crippen molar-refractivity contribution in [2.45, 2.75) is 26.9 Å². The zero-order valence-corrected chi connectivity index (χ0v) is 9.02. The van der Waals surface area contributed by atoms with Crippen LogP contribution in [0.3, 0.4) is 0 Å². The van der Waals surface area contributed by atoms with E-state index in [1.54, 1.807) is 0 Å². The van der Waals surface area contributed by atoms with E-state index < -0.39 is 0 Å². The van der Waals surface area contributed by atoms with Crippen LogP contribution < -0.4 is 10.6 Å². The predicted molar refractivity (Wildman–Crippen MR) is 54.9 cm³/mol. The smallest absolute Gasteiger partial charge is 0.0824 e. The van der Waals surface area contributed by atoms with Gasteiger partial charge in [-0.3, -0.25) is 0 Å². The lowest BCUT2D eigenvalue weighted by Crippen LogP contribution is -2.45. The van der Waals surface area contributed by atoms with Crippen LogP contribution in [-0.2, 0) is 4.74 Å². The van der Waals surface area contributed by atoms with Gasteiger partial charge in [-0.1, -0.05) is 20.8 Å². The van der Waals surface area contributed by atoms with Crippen molar-refractivity contribution in [2.24, 2.45) is 5.41 Å². The molecule has 3 heteroatoms. The predicted octanol–water partition coefficient (Wildman–Crippen LogP) is 0.611. The fraction of sp³-hybridized carbons (Fsp3) is 1.00. The van der Waals surface area contributed by atoms with Gasteiger partial charge >= 0.3 is 0 Å². The Morgan fingerprint density at radius 1 is 1.46 bits per heavy atom. The maximum absolute atomic E-state index is 5.57. The van der Waals surface area contributed by atoms with Gasteiger partial charge in [-0.2, -0.15) is 0 Å². The molecule has 0 saturated carbocycles. The van der Waals surface area contributed by atoms with E-state index in [0.29, 0.717) is 11.5 Å². The average molecular weight is 186 g/mol. The average Bonchev–Trinajstić information content (AvgIpc) is 2.04. The molecule has 1 atom stereocenters. The lowest BCUT2D eigenvalue weighted by molar-refractivity contribution is 0.0282. The maximum atomic E-state index is 5.57. The minimum Gasteiger partial charge on any atom is -0.374 e. The topological polar surface area (TPSA) is 33.3 Å². The summed E-state index contributed by atoms with van der Waals surface area (Å²) in [7, 11) is 0. The molecule has 1 heterocycles. The molecule has 0 aromatic heterocycles. The zero-order chi connectivity index (χ0) is 9.73. The summed E-state index contributed by atoms with van der Waals surface area (Å²) in [5.41, 5.74) is 0.363. The first kappa shape index (κ1) is 11.0. The van der Waals surface area contributed by atoms with Crippen molar-refractivity contribution in [3.63, 3.8) is 0 Å². The summed E-state index contributed by atoms with van der Waals surface area (Å²) >= 11 is 0. The molecule has 0 aliphatic carbocycles. The summed E-state index contributed by atoms with van der Waals surface area (Å²) < 4.78 is 5.57. The summed E-state index contributed by atoms with van der Waals surface area (Å²) in [5, 5.41) is 6.75. The Labute approximate surface area is 81.2 Å². The Bertz CT molecular complexity index is 136. The van der Waals surface area contributed by atoms with Crippen molar-refractivity contribution in [2.75, 3.05) is 32.8 Å². The maximum Gasteiger partial charge on any atom is 0.0824 e. The first-order valence-corrected chi connectivity index (χ1v) is 5.11.